The minimum Gasteiger partial charge on any atom is -0.322 e. The van der Waals surface area contributed by atoms with Gasteiger partial charge in [-0.25, -0.2) is 9.59 Å². The van der Waals surface area contributed by atoms with Crippen LogP contribution in [0.5, 0.6) is 0 Å². The van der Waals surface area contributed by atoms with Crippen LogP contribution in [0, 0.1) is 11.8 Å². The van der Waals surface area contributed by atoms with Gasteiger partial charge in [-0.1, -0.05) is 66.2 Å². The number of carbonyl (C=O) groups is 2. The fourth-order valence-corrected chi connectivity index (χ4v) is 10.4. The number of urea groups is 2. The second-order valence-electron chi connectivity index (χ2n) is 10.8. The number of hydrogen-bond donors (Lipinski definition) is 2. The molecule has 2 saturated carbocycles. The number of nitrogens with zero attached hydrogens (tertiary/aromatic N) is 2. The average Bonchev–Trinajstić information content (AvgIpc) is 2.96. The first kappa shape index (κ1) is 33.9. The molecule has 0 heterocycles. The van der Waals surface area contributed by atoms with Crippen LogP contribution in [0.15, 0.2) is 0 Å². The zero-order valence-corrected chi connectivity index (χ0v) is 27.5. The quantitative estimate of drug-likeness (QED) is 0.144. The number of amides is 4. The molecule has 2 aliphatic carbocycles. The largest absolute Gasteiger partial charge is 0.327 e. The molecule has 4 amide bonds. The lowest BCUT2D eigenvalue weighted by molar-refractivity contribution is 0.156. The van der Waals surface area contributed by atoms with Crippen LogP contribution < -0.4 is 9.44 Å². The number of rotatable bonds is 15. The lowest BCUT2D eigenvalue weighted by Gasteiger charge is -2.34. The van der Waals surface area contributed by atoms with Crippen molar-refractivity contribution in [2.45, 2.75) is 91.9 Å². The summed E-state index contributed by atoms with van der Waals surface area (Å²) in [5.74, 6) is 0.916. The summed E-state index contributed by atoms with van der Waals surface area (Å²) in [7, 11) is 0. The van der Waals surface area contributed by atoms with Gasteiger partial charge in [-0.15, -0.1) is 0 Å². The van der Waals surface area contributed by atoms with Gasteiger partial charge in [0.1, 0.15) is 0 Å². The summed E-state index contributed by atoms with van der Waals surface area (Å²) in [5, 5.41) is 0. The Bertz CT molecular complexity index is 741. The van der Waals surface area contributed by atoms with Crippen LogP contribution in [-0.2, 0) is 9.13 Å². The van der Waals surface area contributed by atoms with Crippen LogP contribution in [0.1, 0.15) is 91.9 Å². The second kappa shape index (κ2) is 17.5. The van der Waals surface area contributed by atoms with E-state index in [4.69, 9.17) is 0 Å². The lowest BCUT2D eigenvalue weighted by atomic mass is 9.89. The predicted octanol–water partition coefficient (Wildman–Crippen LogP) is 8.10. The van der Waals surface area contributed by atoms with Crippen LogP contribution in [0.25, 0.3) is 0 Å². The van der Waals surface area contributed by atoms with Crippen LogP contribution in [0.4, 0.5) is 9.59 Å². The Hall–Kier alpha value is -0.300. The third-order valence-electron chi connectivity index (χ3n) is 8.15. The minimum absolute atomic E-state index is 0.212. The van der Waals surface area contributed by atoms with Crippen molar-refractivity contribution in [3.05, 3.63) is 0 Å². The minimum atomic E-state index is -2.47. The zero-order chi connectivity index (χ0) is 28.0. The van der Waals surface area contributed by atoms with Crippen molar-refractivity contribution < 1.29 is 18.7 Å². The maximum atomic E-state index is 13.3. The Kier molecular flexibility index (Phi) is 15.6. The van der Waals surface area contributed by atoms with Crippen molar-refractivity contribution in [1.29, 1.82) is 0 Å². The van der Waals surface area contributed by atoms with Gasteiger partial charge >= 0.3 is 12.1 Å². The number of carbonyl (C=O) groups excluding carboxylic acids is 2. The third-order valence-corrected chi connectivity index (χ3v) is 18.8. The van der Waals surface area contributed by atoms with Crippen molar-refractivity contribution in [1.82, 2.24) is 19.2 Å². The first-order valence-electron chi connectivity index (χ1n) is 14.8. The van der Waals surface area contributed by atoms with Gasteiger partial charge in [-0.05, 0) is 37.5 Å². The summed E-state index contributed by atoms with van der Waals surface area (Å²) in [6.07, 6.45) is 8.97. The van der Waals surface area contributed by atoms with Crippen molar-refractivity contribution in [3.8, 4) is 0 Å². The van der Waals surface area contributed by atoms with E-state index >= 15 is 0 Å². The van der Waals surface area contributed by atoms with Gasteiger partial charge in [0.15, 0.2) is 12.7 Å². The molecule has 0 spiro atoms. The molecule has 0 bridgehead atoms. The molecule has 0 saturated heterocycles. The predicted molar refractivity (Wildman–Crippen MR) is 166 cm³/mol. The fraction of sp³-hybridized carbons (Fsp3) is 0.923. The summed E-state index contributed by atoms with van der Waals surface area (Å²) < 4.78 is 31.6. The van der Waals surface area contributed by atoms with Gasteiger partial charge < -0.3 is 18.9 Å². The summed E-state index contributed by atoms with van der Waals surface area (Å²) in [6, 6.07) is -0.423. The Morgan fingerprint density at radius 1 is 0.632 bits per heavy atom. The number of hydrogen-bond acceptors (Lipinski definition) is 6. The molecule has 0 aromatic rings. The zero-order valence-electron chi connectivity index (χ0n) is 24.1. The highest BCUT2D eigenvalue weighted by Gasteiger charge is 2.28. The average molecular weight is 611 g/mol. The van der Waals surface area contributed by atoms with E-state index in [0.29, 0.717) is 62.7 Å². The molecule has 0 unspecified atom stereocenters. The van der Waals surface area contributed by atoms with Gasteiger partial charge in [-0.2, -0.15) is 0 Å². The van der Waals surface area contributed by atoms with Crippen molar-refractivity contribution in [3.63, 3.8) is 0 Å². The van der Waals surface area contributed by atoms with Crippen LogP contribution in [0.2, 0.25) is 0 Å². The van der Waals surface area contributed by atoms with Crippen LogP contribution in [-0.4, -0.2) is 72.7 Å². The lowest BCUT2D eigenvalue weighted by Crippen LogP contribution is -2.48. The fourth-order valence-electron chi connectivity index (χ4n) is 5.23. The van der Waals surface area contributed by atoms with Crippen molar-refractivity contribution in [2.24, 2.45) is 11.8 Å². The topological polar surface area (TPSA) is 98.8 Å². The molecule has 0 atom stereocenters. The highest BCUT2D eigenvalue weighted by Crippen LogP contribution is 2.56. The van der Waals surface area contributed by atoms with E-state index in [2.05, 4.69) is 9.44 Å². The van der Waals surface area contributed by atoms with E-state index in [0.717, 1.165) is 48.8 Å². The van der Waals surface area contributed by atoms with Crippen LogP contribution in [0.3, 0.4) is 0 Å². The van der Waals surface area contributed by atoms with Gasteiger partial charge in [0.25, 0.3) is 0 Å². The van der Waals surface area contributed by atoms with E-state index < -0.39 is 12.7 Å². The Morgan fingerprint density at radius 2 is 0.947 bits per heavy atom. The highest BCUT2D eigenvalue weighted by molar-refractivity contribution is 8.57. The van der Waals surface area contributed by atoms with Crippen LogP contribution >= 0.6 is 35.8 Å². The molecule has 12 heteroatoms. The molecule has 0 aromatic heterocycles. The molecule has 2 aliphatic rings. The summed E-state index contributed by atoms with van der Waals surface area (Å²) in [4.78, 5) is 30.3. The normalized spacial score (nSPS) is 17.7. The molecule has 0 aromatic carbocycles. The van der Waals surface area contributed by atoms with Crippen molar-refractivity contribution >= 4 is 47.9 Å². The molecule has 2 fully saturated rings. The molecule has 8 nitrogen and oxygen atoms in total. The summed E-state index contributed by atoms with van der Waals surface area (Å²) >= 11 is 2.19. The van der Waals surface area contributed by atoms with Gasteiger partial charge in [0, 0.05) is 74.0 Å². The molecule has 2 N–H and O–H groups in total. The van der Waals surface area contributed by atoms with Gasteiger partial charge in [0.05, 0.1) is 0 Å². The first-order chi connectivity index (χ1) is 18.2. The molecule has 2 rings (SSSR count). The van der Waals surface area contributed by atoms with Gasteiger partial charge in [0.2, 0.25) is 0 Å². The molecule has 0 aliphatic heterocycles. The molecular formula is C26H52N4O4P2S2. The maximum Gasteiger partial charge on any atom is 0.327 e. The van der Waals surface area contributed by atoms with E-state index in [-0.39, 0.29) is 12.1 Å². The summed E-state index contributed by atoms with van der Waals surface area (Å²) in [5.41, 5.74) is 0. The molecule has 0 radical (unpaired) electrons. The van der Waals surface area contributed by atoms with Crippen molar-refractivity contribution in [2.75, 3.05) is 50.8 Å². The van der Waals surface area contributed by atoms with Gasteiger partial charge in [-0.3, -0.25) is 9.44 Å². The standard InChI is InChI=1S/C26H52N4O4P2S2/c1-5-35(33,6-2)37-27-25(31)29(21-23-15-11-9-12-16-23)19-20-30(22-24-17-13-10-14-18-24)26(32)28-38-36(34,7-3)8-4/h23-24H,5-22H2,1-4H3,(H,27,31)(H,28,32). The Balaban J connectivity index is 2.11. The molecule has 38 heavy (non-hydrogen) atoms. The second-order valence-corrected chi connectivity index (χ2v) is 22.4. The third kappa shape index (κ3) is 11.7. The molecule has 222 valence electrons. The van der Waals surface area contributed by atoms with E-state index in [1.165, 1.54) is 38.5 Å². The summed E-state index contributed by atoms with van der Waals surface area (Å²) in [6.45, 7) is 9.77. The smallest absolute Gasteiger partial charge is 0.322 e. The highest BCUT2D eigenvalue weighted by atomic mass is 32.7. The molecular weight excluding hydrogens is 558 g/mol. The Morgan fingerprint density at radius 3 is 1.24 bits per heavy atom. The van der Waals surface area contributed by atoms with E-state index in [1.807, 2.05) is 37.5 Å². The maximum absolute atomic E-state index is 13.3. The van der Waals surface area contributed by atoms with E-state index in [1.54, 1.807) is 0 Å². The van der Waals surface area contributed by atoms with E-state index in [9.17, 15) is 18.7 Å². The monoisotopic (exact) mass is 610 g/mol. The number of nitrogens with one attached hydrogen (secondary N) is 2. The first-order valence-corrected chi connectivity index (χ1v) is 21.8. The Labute approximate surface area is 239 Å². The SMILES string of the molecule is CCP(=O)(CC)SNC(=O)N(CCN(CC1CCCCC1)C(=O)NSP(=O)(CC)CC)CC1CCCCC1.